The fourth-order valence-electron chi connectivity index (χ4n) is 6.65. The van der Waals surface area contributed by atoms with Crippen molar-refractivity contribution in [2.75, 3.05) is 13.1 Å². The van der Waals surface area contributed by atoms with Crippen molar-refractivity contribution in [2.45, 2.75) is 88.3 Å². The number of hydrogen-bond acceptors (Lipinski definition) is 7. The zero-order valence-corrected chi connectivity index (χ0v) is 28.5. The fourth-order valence-corrected chi connectivity index (χ4v) is 6.65. The van der Waals surface area contributed by atoms with Gasteiger partial charge in [0.05, 0.1) is 35.6 Å². The Bertz CT molecular complexity index is 1940. The summed E-state index contributed by atoms with van der Waals surface area (Å²) < 4.78 is 49.8. The van der Waals surface area contributed by atoms with Crippen molar-refractivity contribution in [3.05, 3.63) is 82.4 Å². The number of nitrogens with one attached hydrogen (secondary N) is 1. The highest BCUT2D eigenvalue weighted by atomic mass is 19.4. The molecular weight excluding hydrogens is 653 g/mol. The zero-order chi connectivity index (χ0) is 36.1. The van der Waals surface area contributed by atoms with E-state index in [0.717, 1.165) is 24.0 Å². The number of nitrogens with zero attached hydrogens (tertiary/aromatic N) is 5. The van der Waals surface area contributed by atoms with E-state index >= 15 is 0 Å². The summed E-state index contributed by atoms with van der Waals surface area (Å²) in [6.45, 7) is 5.43. The van der Waals surface area contributed by atoms with Crippen molar-refractivity contribution in [3.63, 3.8) is 0 Å². The number of fused-ring (bicyclic) bond motifs is 1. The normalized spacial score (nSPS) is 17.7. The van der Waals surface area contributed by atoms with Gasteiger partial charge in [0, 0.05) is 32.1 Å². The van der Waals surface area contributed by atoms with E-state index in [1.165, 1.54) is 40.1 Å². The Labute approximate surface area is 287 Å². The second-order valence-electron chi connectivity index (χ2n) is 14.4. The summed E-state index contributed by atoms with van der Waals surface area (Å²) in [7, 11) is 1.71. The minimum absolute atomic E-state index is 0.0260. The summed E-state index contributed by atoms with van der Waals surface area (Å²) in [6.07, 6.45) is -2.69. The van der Waals surface area contributed by atoms with Crippen molar-refractivity contribution < 1.29 is 32.6 Å². The maximum absolute atomic E-state index is 13.8. The Morgan fingerprint density at radius 1 is 0.980 bits per heavy atom. The molecule has 11 nitrogen and oxygen atoms in total. The molecule has 266 valence electrons. The minimum atomic E-state index is -4.59. The van der Waals surface area contributed by atoms with E-state index in [9.17, 15) is 32.7 Å². The number of likely N-dealkylation sites (tertiary alicyclic amines) is 1. The number of rotatable bonds is 8. The van der Waals surface area contributed by atoms with E-state index in [4.69, 9.17) is 4.74 Å². The Morgan fingerprint density at radius 2 is 1.62 bits per heavy atom. The third kappa shape index (κ3) is 7.40. The van der Waals surface area contributed by atoms with Gasteiger partial charge < -0.3 is 20.1 Å². The molecule has 2 fully saturated rings. The van der Waals surface area contributed by atoms with Crippen LogP contribution in [-0.2, 0) is 28.7 Å². The molecule has 1 atom stereocenters. The minimum Gasteiger partial charge on any atom is -0.444 e. The van der Waals surface area contributed by atoms with Gasteiger partial charge in [0.15, 0.2) is 5.52 Å². The lowest BCUT2D eigenvalue weighted by atomic mass is 9.90. The third-order valence-corrected chi connectivity index (χ3v) is 9.50. The summed E-state index contributed by atoms with van der Waals surface area (Å²) in [4.78, 5) is 44.9. The average molecular weight is 695 g/mol. The second-order valence-corrected chi connectivity index (χ2v) is 14.4. The summed E-state index contributed by atoms with van der Waals surface area (Å²) in [6, 6.07) is 15.0. The van der Waals surface area contributed by atoms with Gasteiger partial charge in [-0.05, 0) is 57.6 Å². The summed E-state index contributed by atoms with van der Waals surface area (Å²) in [5.41, 5.74) is -0.0574. The van der Waals surface area contributed by atoms with Crippen molar-refractivity contribution in [3.8, 4) is 11.3 Å². The molecule has 2 amide bonds. The number of aliphatic hydroxyl groups is 1. The molecule has 50 heavy (non-hydrogen) atoms. The number of alkyl halides is 3. The van der Waals surface area contributed by atoms with Gasteiger partial charge in [0.25, 0.3) is 5.56 Å². The van der Waals surface area contributed by atoms with Crippen LogP contribution in [0.3, 0.4) is 0 Å². The topological polar surface area (TPSA) is 132 Å². The lowest BCUT2D eigenvalue weighted by Crippen LogP contribution is -2.50. The third-order valence-electron chi connectivity index (χ3n) is 9.50. The number of benzene rings is 2. The summed E-state index contributed by atoms with van der Waals surface area (Å²) in [5, 5.41) is 18.8. The molecule has 1 saturated carbocycles. The number of carbonyl (C=O) groups excluding carboxylic acids is 2. The van der Waals surface area contributed by atoms with Crippen LogP contribution in [0.5, 0.6) is 0 Å². The van der Waals surface area contributed by atoms with Gasteiger partial charge in [0.2, 0.25) is 5.91 Å². The molecule has 2 aromatic carbocycles. The van der Waals surface area contributed by atoms with Crippen molar-refractivity contribution in [2.24, 2.45) is 7.05 Å². The van der Waals surface area contributed by atoms with Crippen LogP contribution in [0.15, 0.2) is 65.7 Å². The molecule has 1 aliphatic heterocycles. The average Bonchev–Trinajstić information content (AvgIpc) is 3.74. The molecule has 2 N–H and O–H groups in total. The number of carbonyl (C=O) groups is 2. The Kier molecular flexibility index (Phi) is 9.04. The number of alkyl carbamates (subject to hydrolysis) is 1. The first-order chi connectivity index (χ1) is 23.5. The smallest absolute Gasteiger partial charge is 0.408 e. The maximum atomic E-state index is 13.8. The molecule has 2 aliphatic rings. The van der Waals surface area contributed by atoms with Crippen LogP contribution >= 0.6 is 0 Å². The Morgan fingerprint density at radius 3 is 2.20 bits per heavy atom. The first-order valence-corrected chi connectivity index (χ1v) is 16.6. The standard InChI is InChI=1S/C36H41F3N6O5/c1-33(2,3)50-32(48)41-35(14-15-35)25-12-10-24(11-13-25)30-28-29(42-43(30)4)31(47)45(22-40-28)21-34(49)16-18-44(19-17-34)27(46)20-26(36(37,38)39)23-8-6-5-7-9-23/h5-13,22,26,49H,14-21H2,1-4H3,(H,41,48)/t26-/m1/s1. The number of halogens is 3. The largest absolute Gasteiger partial charge is 0.444 e. The molecular formula is C36H41F3N6O5. The molecule has 0 unspecified atom stereocenters. The number of piperidine rings is 1. The van der Waals surface area contributed by atoms with E-state index in [1.54, 1.807) is 17.8 Å². The van der Waals surface area contributed by atoms with Crippen molar-refractivity contribution >= 4 is 23.0 Å². The Hall–Kier alpha value is -4.72. The first kappa shape index (κ1) is 35.1. The highest BCUT2D eigenvalue weighted by Crippen LogP contribution is 2.46. The van der Waals surface area contributed by atoms with Gasteiger partial charge in [-0.2, -0.15) is 18.3 Å². The van der Waals surface area contributed by atoms with Gasteiger partial charge in [-0.25, -0.2) is 9.78 Å². The molecule has 0 bridgehead atoms. The predicted molar refractivity (Wildman–Crippen MR) is 179 cm³/mol. The van der Waals surface area contributed by atoms with Crippen LogP contribution in [0, 0.1) is 0 Å². The highest BCUT2D eigenvalue weighted by Gasteiger charge is 2.47. The Balaban J connectivity index is 1.13. The van der Waals surface area contributed by atoms with Gasteiger partial charge in [-0.1, -0.05) is 54.6 Å². The van der Waals surface area contributed by atoms with Crippen molar-refractivity contribution in [1.82, 2.24) is 29.5 Å². The van der Waals surface area contributed by atoms with E-state index < -0.39 is 52.8 Å². The SMILES string of the molecule is Cn1nc2c(=O)n(CC3(O)CCN(C(=O)C[C@H](c4ccccc4)C(F)(F)F)CC3)cnc2c1-c1ccc(C2(NC(=O)OC(C)(C)C)CC2)cc1. The molecule has 1 aliphatic carbocycles. The number of ether oxygens (including phenoxy) is 1. The number of hydrogen-bond donors (Lipinski definition) is 2. The first-order valence-electron chi connectivity index (χ1n) is 16.6. The number of amides is 2. The lowest BCUT2D eigenvalue weighted by Gasteiger charge is -2.39. The molecule has 0 spiro atoms. The van der Waals surface area contributed by atoms with Crippen LogP contribution in [0.1, 0.15) is 69.9 Å². The van der Waals surface area contributed by atoms with Gasteiger partial charge >= 0.3 is 12.3 Å². The fraction of sp³-hybridized carbons (Fsp3) is 0.472. The molecule has 14 heteroatoms. The zero-order valence-electron chi connectivity index (χ0n) is 28.5. The predicted octanol–water partition coefficient (Wildman–Crippen LogP) is 5.40. The van der Waals surface area contributed by atoms with Crippen LogP contribution < -0.4 is 10.9 Å². The summed E-state index contributed by atoms with van der Waals surface area (Å²) >= 11 is 0. The molecule has 0 radical (unpaired) electrons. The van der Waals surface area contributed by atoms with Crippen molar-refractivity contribution in [1.29, 1.82) is 0 Å². The molecule has 6 rings (SSSR count). The number of aryl methyl sites for hydroxylation is 1. The molecule has 4 aromatic rings. The van der Waals surface area contributed by atoms with Crippen LogP contribution in [0.25, 0.3) is 22.3 Å². The van der Waals surface area contributed by atoms with Gasteiger partial charge in [0.1, 0.15) is 11.1 Å². The lowest BCUT2D eigenvalue weighted by molar-refractivity contribution is -0.162. The highest BCUT2D eigenvalue weighted by molar-refractivity contribution is 5.89. The van der Waals surface area contributed by atoms with Crippen LogP contribution in [-0.4, -0.2) is 71.8 Å². The van der Waals surface area contributed by atoms with Gasteiger partial charge in [-0.3, -0.25) is 18.8 Å². The van der Waals surface area contributed by atoms with E-state index in [0.29, 0.717) is 11.2 Å². The molecule has 1 saturated heterocycles. The van der Waals surface area contributed by atoms with Crippen LogP contribution in [0.4, 0.5) is 18.0 Å². The molecule has 3 heterocycles. The van der Waals surface area contributed by atoms with E-state index in [-0.39, 0.29) is 43.6 Å². The van der Waals surface area contributed by atoms with Crippen LogP contribution in [0.2, 0.25) is 0 Å². The quantitative estimate of drug-likeness (QED) is 0.253. The maximum Gasteiger partial charge on any atom is 0.408 e. The molecule has 2 aromatic heterocycles. The van der Waals surface area contributed by atoms with E-state index in [2.05, 4.69) is 15.4 Å². The summed E-state index contributed by atoms with van der Waals surface area (Å²) in [5.74, 6) is -2.57. The monoisotopic (exact) mass is 694 g/mol. The van der Waals surface area contributed by atoms with Gasteiger partial charge in [-0.15, -0.1) is 0 Å². The second kappa shape index (κ2) is 12.9. The number of aromatic nitrogens is 4. The van der Waals surface area contributed by atoms with E-state index in [1.807, 2.05) is 45.0 Å².